The third kappa shape index (κ3) is 4.15. The Kier molecular flexibility index (Phi) is 5.07. The second-order valence-corrected chi connectivity index (χ2v) is 4.48. The van der Waals surface area contributed by atoms with Gasteiger partial charge in [-0.15, -0.1) is 5.10 Å². The van der Waals surface area contributed by atoms with E-state index in [9.17, 15) is 4.79 Å². The average molecular weight is 319 g/mol. The number of hydrogen-bond donors (Lipinski definition) is 2. The monoisotopic (exact) mass is 319 g/mol. The first-order chi connectivity index (χ1) is 11.0. The van der Waals surface area contributed by atoms with Gasteiger partial charge in [-0.1, -0.05) is 5.10 Å². The summed E-state index contributed by atoms with van der Waals surface area (Å²) in [4.78, 5) is 12.8. The number of methoxy groups -OCH3 is 2. The van der Waals surface area contributed by atoms with Crippen LogP contribution in [0.5, 0.6) is 11.5 Å². The predicted molar refractivity (Wildman–Crippen MR) is 82.1 cm³/mol. The molecule has 0 atom stereocenters. The Morgan fingerprint density at radius 3 is 2.78 bits per heavy atom. The Balaban J connectivity index is 2.06. The van der Waals surface area contributed by atoms with Crippen molar-refractivity contribution in [2.45, 2.75) is 13.5 Å². The number of carbonyl (C=O) groups excluding carboxylic acids is 1. The van der Waals surface area contributed by atoms with E-state index in [1.807, 2.05) is 0 Å². The fraction of sp³-hybridized carbons (Fsp3) is 0.308. The minimum atomic E-state index is -0.408. The fourth-order valence-corrected chi connectivity index (χ4v) is 1.79. The van der Waals surface area contributed by atoms with E-state index in [2.05, 4.69) is 25.9 Å². The number of amides is 1. The number of aromatic nitrogens is 4. The van der Waals surface area contributed by atoms with E-state index < -0.39 is 5.91 Å². The van der Waals surface area contributed by atoms with Gasteiger partial charge in [0, 0.05) is 11.6 Å². The average Bonchev–Trinajstić information content (AvgIpc) is 2.96. The summed E-state index contributed by atoms with van der Waals surface area (Å²) in [5.41, 5.74) is 9.04. The highest BCUT2D eigenvalue weighted by Gasteiger charge is 2.09. The van der Waals surface area contributed by atoms with Crippen LogP contribution in [-0.2, 0) is 11.3 Å². The topological polar surface area (TPSA) is 130 Å². The van der Waals surface area contributed by atoms with E-state index >= 15 is 0 Å². The van der Waals surface area contributed by atoms with Gasteiger partial charge in [0.2, 0.25) is 0 Å². The molecule has 0 aliphatic carbocycles. The van der Waals surface area contributed by atoms with Crippen molar-refractivity contribution >= 4 is 17.6 Å². The maximum Gasteiger partial charge on any atom is 0.263 e. The Morgan fingerprint density at radius 2 is 2.17 bits per heavy atom. The first-order valence-electron chi connectivity index (χ1n) is 6.62. The zero-order valence-electron chi connectivity index (χ0n) is 13.0. The Labute approximate surface area is 132 Å². The minimum Gasteiger partial charge on any atom is -0.497 e. The Hall–Kier alpha value is -3.17. The smallest absolute Gasteiger partial charge is 0.263 e. The molecule has 0 unspecified atom stereocenters. The van der Waals surface area contributed by atoms with Gasteiger partial charge in [-0.3, -0.25) is 4.79 Å². The number of hydrogen-bond acceptors (Lipinski definition) is 8. The second-order valence-electron chi connectivity index (χ2n) is 4.48. The van der Waals surface area contributed by atoms with Gasteiger partial charge in [-0.2, -0.15) is 9.90 Å². The molecule has 122 valence electrons. The van der Waals surface area contributed by atoms with E-state index in [-0.39, 0.29) is 12.5 Å². The van der Waals surface area contributed by atoms with Gasteiger partial charge in [0.1, 0.15) is 18.0 Å². The zero-order valence-corrected chi connectivity index (χ0v) is 13.0. The van der Waals surface area contributed by atoms with E-state index in [0.717, 1.165) is 10.4 Å². The normalized spacial score (nSPS) is 11.2. The largest absolute Gasteiger partial charge is 0.497 e. The molecule has 2 aromatic rings. The standard InChI is InChI=1S/C13H17N7O3/c1-8(10-5-4-9(22-2)6-11(10)23-3)15-16-12(21)7-20-18-13(14)17-19-20/h4-6H,7H2,1-3H3,(H2,14,18)(H,16,21)/b15-8+. The van der Waals surface area contributed by atoms with E-state index in [4.69, 9.17) is 15.2 Å². The molecule has 23 heavy (non-hydrogen) atoms. The van der Waals surface area contributed by atoms with Gasteiger partial charge in [0.25, 0.3) is 11.9 Å². The van der Waals surface area contributed by atoms with Gasteiger partial charge in [0.05, 0.1) is 19.9 Å². The SMILES string of the molecule is COc1ccc(/C(C)=N/NC(=O)Cn2nnc(N)n2)c(OC)c1. The molecule has 0 fully saturated rings. The highest BCUT2D eigenvalue weighted by atomic mass is 16.5. The van der Waals surface area contributed by atoms with Crippen molar-refractivity contribution in [3.8, 4) is 11.5 Å². The molecule has 1 aromatic heterocycles. The lowest BCUT2D eigenvalue weighted by Crippen LogP contribution is -2.25. The van der Waals surface area contributed by atoms with Crippen LogP contribution in [0.25, 0.3) is 0 Å². The van der Waals surface area contributed by atoms with Gasteiger partial charge >= 0.3 is 0 Å². The van der Waals surface area contributed by atoms with E-state index in [1.165, 1.54) is 0 Å². The van der Waals surface area contributed by atoms with Crippen molar-refractivity contribution in [3.05, 3.63) is 23.8 Å². The van der Waals surface area contributed by atoms with Crippen LogP contribution in [0.3, 0.4) is 0 Å². The van der Waals surface area contributed by atoms with Crippen molar-refractivity contribution in [3.63, 3.8) is 0 Å². The third-order valence-electron chi connectivity index (χ3n) is 2.90. The molecule has 3 N–H and O–H groups in total. The number of nitrogens with two attached hydrogens (primary N) is 1. The van der Waals surface area contributed by atoms with Crippen LogP contribution in [0, 0.1) is 0 Å². The molecule has 0 saturated heterocycles. The van der Waals surface area contributed by atoms with Crippen LogP contribution in [0.2, 0.25) is 0 Å². The maximum atomic E-state index is 11.8. The molecule has 2 rings (SSSR count). The number of benzene rings is 1. The molecule has 0 aliphatic heterocycles. The predicted octanol–water partition coefficient (Wildman–Crippen LogP) is -0.187. The molecule has 0 saturated carbocycles. The number of nitrogens with zero attached hydrogens (tertiary/aromatic N) is 5. The summed E-state index contributed by atoms with van der Waals surface area (Å²) in [5.74, 6) is 0.845. The number of nitrogen functional groups attached to an aromatic ring is 1. The first kappa shape index (κ1) is 16.2. The van der Waals surface area contributed by atoms with Crippen LogP contribution in [0.1, 0.15) is 12.5 Å². The number of tetrazole rings is 1. The fourth-order valence-electron chi connectivity index (χ4n) is 1.79. The summed E-state index contributed by atoms with van der Waals surface area (Å²) in [6.07, 6.45) is 0. The van der Waals surface area contributed by atoms with Crippen LogP contribution >= 0.6 is 0 Å². The summed E-state index contributed by atoms with van der Waals surface area (Å²) >= 11 is 0. The zero-order chi connectivity index (χ0) is 16.8. The summed E-state index contributed by atoms with van der Waals surface area (Å²) < 4.78 is 10.4. The third-order valence-corrected chi connectivity index (χ3v) is 2.90. The Morgan fingerprint density at radius 1 is 1.39 bits per heavy atom. The molecule has 1 amide bonds. The van der Waals surface area contributed by atoms with Gasteiger partial charge in [0.15, 0.2) is 0 Å². The number of carbonyl (C=O) groups is 1. The molecule has 10 nitrogen and oxygen atoms in total. The number of hydrazone groups is 1. The van der Waals surface area contributed by atoms with Crippen molar-refractivity contribution < 1.29 is 14.3 Å². The molecule has 1 aromatic carbocycles. The summed E-state index contributed by atoms with van der Waals surface area (Å²) in [7, 11) is 3.12. The number of nitrogens with one attached hydrogen (secondary N) is 1. The molecule has 0 aliphatic rings. The molecule has 0 bridgehead atoms. The molecular weight excluding hydrogens is 302 g/mol. The van der Waals surface area contributed by atoms with Crippen LogP contribution in [-0.4, -0.2) is 46.0 Å². The lowest BCUT2D eigenvalue weighted by Gasteiger charge is -2.10. The first-order valence-corrected chi connectivity index (χ1v) is 6.62. The minimum absolute atomic E-state index is 0.000418. The number of ether oxygens (including phenoxy) is 2. The summed E-state index contributed by atoms with van der Waals surface area (Å²) in [5, 5.41) is 14.8. The second kappa shape index (κ2) is 7.20. The summed E-state index contributed by atoms with van der Waals surface area (Å²) in [6.45, 7) is 1.61. The van der Waals surface area contributed by atoms with Crippen molar-refractivity contribution in [2.24, 2.45) is 5.10 Å². The number of anilines is 1. The van der Waals surface area contributed by atoms with E-state index in [0.29, 0.717) is 17.2 Å². The lowest BCUT2D eigenvalue weighted by molar-refractivity contribution is -0.122. The molecule has 10 heteroatoms. The van der Waals surface area contributed by atoms with E-state index in [1.54, 1.807) is 39.3 Å². The van der Waals surface area contributed by atoms with Crippen LogP contribution in [0.4, 0.5) is 5.95 Å². The molecule has 0 spiro atoms. The van der Waals surface area contributed by atoms with Gasteiger partial charge in [-0.05, 0) is 24.3 Å². The van der Waals surface area contributed by atoms with Crippen LogP contribution < -0.4 is 20.6 Å². The lowest BCUT2D eigenvalue weighted by atomic mass is 10.1. The van der Waals surface area contributed by atoms with Crippen molar-refractivity contribution in [2.75, 3.05) is 20.0 Å². The molecule has 1 heterocycles. The van der Waals surface area contributed by atoms with Crippen LogP contribution in [0.15, 0.2) is 23.3 Å². The molecular formula is C13H17N7O3. The van der Waals surface area contributed by atoms with Crippen molar-refractivity contribution in [1.82, 2.24) is 25.6 Å². The molecule has 0 radical (unpaired) electrons. The number of rotatable bonds is 6. The Bertz CT molecular complexity index is 726. The summed E-state index contributed by atoms with van der Waals surface area (Å²) in [6, 6.07) is 5.31. The van der Waals surface area contributed by atoms with Crippen molar-refractivity contribution in [1.29, 1.82) is 0 Å². The highest BCUT2D eigenvalue weighted by Crippen LogP contribution is 2.24. The highest BCUT2D eigenvalue weighted by molar-refractivity contribution is 6.01. The quantitative estimate of drug-likeness (QED) is 0.557. The van der Waals surface area contributed by atoms with Gasteiger partial charge < -0.3 is 15.2 Å². The maximum absolute atomic E-state index is 11.8. The van der Waals surface area contributed by atoms with Gasteiger partial charge in [-0.25, -0.2) is 5.43 Å².